The third kappa shape index (κ3) is 3.29. The summed E-state index contributed by atoms with van der Waals surface area (Å²) in [6, 6.07) is 4.64. The molecule has 0 radical (unpaired) electrons. The maximum Gasteiger partial charge on any atom is 0.326 e. The van der Waals surface area contributed by atoms with Crippen molar-refractivity contribution in [1.29, 1.82) is 0 Å². The van der Waals surface area contributed by atoms with Gasteiger partial charge in [0, 0.05) is 6.04 Å². The van der Waals surface area contributed by atoms with Crippen LogP contribution in [0.15, 0.2) is 24.3 Å². The molecule has 3 rings (SSSR count). The van der Waals surface area contributed by atoms with Crippen molar-refractivity contribution >= 4 is 11.9 Å². The highest BCUT2D eigenvalue weighted by Gasteiger charge is 2.47. The molecule has 0 bridgehead atoms. The molecule has 1 aliphatic carbocycles. The summed E-state index contributed by atoms with van der Waals surface area (Å²) < 4.78 is 13.3. The van der Waals surface area contributed by atoms with E-state index in [0.29, 0.717) is 12.0 Å². The van der Waals surface area contributed by atoms with Gasteiger partial charge in [0.25, 0.3) is 0 Å². The zero-order valence-corrected chi connectivity index (χ0v) is 13.4. The Morgan fingerprint density at radius 1 is 1.29 bits per heavy atom. The molecule has 0 spiro atoms. The Hall–Kier alpha value is -1.95. The van der Waals surface area contributed by atoms with E-state index in [1.807, 2.05) is 0 Å². The normalized spacial score (nSPS) is 27.6. The van der Waals surface area contributed by atoms with Gasteiger partial charge in [-0.1, -0.05) is 25.0 Å². The summed E-state index contributed by atoms with van der Waals surface area (Å²) in [6.45, 7) is 0. The minimum atomic E-state index is -1.13. The van der Waals surface area contributed by atoms with Gasteiger partial charge in [-0.25, -0.2) is 9.18 Å². The number of carbonyl (C=O) groups excluding carboxylic acids is 1. The van der Waals surface area contributed by atoms with Crippen molar-refractivity contribution < 1.29 is 24.2 Å². The predicted octanol–water partition coefficient (Wildman–Crippen LogP) is 2.49. The van der Waals surface area contributed by atoms with Crippen LogP contribution in [0, 0.1) is 11.7 Å². The standard InChI is InChI=1S/C18H22FNO4/c19-13-6-3-5-12(8-13)16(21)10-17(22)20-14-7-2-1-4-11(14)9-15(20)18(23)24/h3,5-6,8,11,14-16,21H,1-2,4,7,9-10H2,(H,23,24)/t11-,14-,15-,16+/m0/s1. The lowest BCUT2D eigenvalue weighted by Crippen LogP contribution is -2.46. The highest BCUT2D eigenvalue weighted by molar-refractivity contribution is 5.85. The van der Waals surface area contributed by atoms with Crippen LogP contribution >= 0.6 is 0 Å². The van der Waals surface area contributed by atoms with Gasteiger partial charge in [0.15, 0.2) is 0 Å². The van der Waals surface area contributed by atoms with E-state index < -0.39 is 23.9 Å². The zero-order chi connectivity index (χ0) is 17.3. The first-order valence-electron chi connectivity index (χ1n) is 8.45. The van der Waals surface area contributed by atoms with Crippen molar-refractivity contribution in [1.82, 2.24) is 4.90 Å². The molecule has 6 heteroatoms. The van der Waals surface area contributed by atoms with Gasteiger partial charge < -0.3 is 15.1 Å². The Kier molecular flexibility index (Phi) is 4.85. The molecule has 2 fully saturated rings. The Morgan fingerprint density at radius 3 is 2.75 bits per heavy atom. The van der Waals surface area contributed by atoms with Crippen molar-refractivity contribution in [3.63, 3.8) is 0 Å². The fraction of sp³-hybridized carbons (Fsp3) is 0.556. The number of carboxylic acids is 1. The van der Waals surface area contributed by atoms with Crippen LogP contribution in [0.4, 0.5) is 4.39 Å². The molecular weight excluding hydrogens is 313 g/mol. The van der Waals surface area contributed by atoms with E-state index in [9.17, 15) is 24.2 Å². The summed E-state index contributed by atoms with van der Waals surface area (Å²) in [5.41, 5.74) is 0.328. The lowest BCUT2D eigenvalue weighted by Gasteiger charge is -2.33. The fourth-order valence-corrected chi connectivity index (χ4v) is 4.14. The third-order valence-corrected chi connectivity index (χ3v) is 5.26. The van der Waals surface area contributed by atoms with Gasteiger partial charge in [0.2, 0.25) is 5.91 Å². The molecule has 5 nitrogen and oxygen atoms in total. The molecule has 1 saturated carbocycles. The van der Waals surface area contributed by atoms with Gasteiger partial charge >= 0.3 is 5.97 Å². The van der Waals surface area contributed by atoms with E-state index in [1.165, 1.54) is 23.1 Å². The number of hydrogen-bond acceptors (Lipinski definition) is 3. The SMILES string of the molecule is O=C(O)[C@@H]1C[C@@H]2CCCC[C@@H]2N1C(=O)C[C@@H](O)c1cccc(F)c1. The third-order valence-electron chi connectivity index (χ3n) is 5.26. The Morgan fingerprint density at radius 2 is 2.04 bits per heavy atom. The van der Waals surface area contributed by atoms with E-state index >= 15 is 0 Å². The first-order chi connectivity index (χ1) is 11.5. The molecule has 1 aromatic carbocycles. The molecule has 0 aromatic heterocycles. The molecule has 1 aliphatic heterocycles. The van der Waals surface area contributed by atoms with Gasteiger partial charge in [-0.05, 0) is 42.9 Å². The number of nitrogens with zero attached hydrogens (tertiary/aromatic N) is 1. The topological polar surface area (TPSA) is 77.8 Å². The van der Waals surface area contributed by atoms with Gasteiger partial charge in [0.1, 0.15) is 11.9 Å². The van der Waals surface area contributed by atoms with Crippen LogP contribution in [0.5, 0.6) is 0 Å². The van der Waals surface area contributed by atoms with Crippen LogP contribution in [0.1, 0.15) is 50.2 Å². The zero-order valence-electron chi connectivity index (χ0n) is 13.4. The minimum Gasteiger partial charge on any atom is -0.480 e. The monoisotopic (exact) mass is 335 g/mol. The molecule has 1 aromatic rings. The first kappa shape index (κ1) is 16.9. The molecule has 4 atom stereocenters. The summed E-state index contributed by atoms with van der Waals surface area (Å²) in [4.78, 5) is 25.7. The largest absolute Gasteiger partial charge is 0.480 e. The maximum absolute atomic E-state index is 13.3. The number of carboxylic acid groups (broad SMARTS) is 1. The summed E-state index contributed by atoms with van der Waals surface area (Å²) in [5, 5.41) is 19.7. The van der Waals surface area contributed by atoms with Crippen molar-refractivity contribution in [2.24, 2.45) is 5.92 Å². The molecule has 0 unspecified atom stereocenters. The van der Waals surface area contributed by atoms with E-state index in [-0.39, 0.29) is 24.3 Å². The summed E-state index contributed by atoms with van der Waals surface area (Å²) in [7, 11) is 0. The fourth-order valence-electron chi connectivity index (χ4n) is 4.14. The molecule has 1 amide bonds. The van der Waals surface area contributed by atoms with E-state index in [0.717, 1.165) is 25.7 Å². The Bertz CT molecular complexity index is 635. The van der Waals surface area contributed by atoms with Crippen molar-refractivity contribution in [2.75, 3.05) is 0 Å². The number of carbonyl (C=O) groups is 2. The van der Waals surface area contributed by atoms with Gasteiger partial charge in [0.05, 0.1) is 12.5 Å². The number of likely N-dealkylation sites (tertiary alicyclic amines) is 1. The van der Waals surface area contributed by atoms with E-state index in [1.54, 1.807) is 6.07 Å². The molecule has 1 heterocycles. The van der Waals surface area contributed by atoms with Crippen LogP contribution < -0.4 is 0 Å². The number of aliphatic carboxylic acids is 1. The first-order valence-corrected chi connectivity index (χ1v) is 8.45. The maximum atomic E-state index is 13.3. The average molecular weight is 335 g/mol. The van der Waals surface area contributed by atoms with E-state index in [2.05, 4.69) is 0 Å². The number of aliphatic hydroxyl groups excluding tert-OH is 1. The number of aliphatic hydroxyl groups is 1. The van der Waals surface area contributed by atoms with Crippen LogP contribution in [0.3, 0.4) is 0 Å². The number of fused-ring (bicyclic) bond motifs is 1. The smallest absolute Gasteiger partial charge is 0.326 e. The Labute approximate surface area is 140 Å². The molecule has 24 heavy (non-hydrogen) atoms. The van der Waals surface area contributed by atoms with Gasteiger partial charge in [-0.15, -0.1) is 0 Å². The molecule has 130 valence electrons. The lowest BCUT2D eigenvalue weighted by atomic mass is 9.84. The van der Waals surface area contributed by atoms with Crippen molar-refractivity contribution in [2.45, 2.75) is 56.7 Å². The van der Waals surface area contributed by atoms with E-state index in [4.69, 9.17) is 0 Å². The summed E-state index contributed by atoms with van der Waals surface area (Å²) in [5.74, 6) is -1.60. The predicted molar refractivity (Wildman–Crippen MR) is 84.6 cm³/mol. The second-order valence-electron chi connectivity index (χ2n) is 6.78. The molecular formula is C18H22FNO4. The quantitative estimate of drug-likeness (QED) is 0.886. The highest BCUT2D eigenvalue weighted by Crippen LogP contribution is 2.40. The number of halogens is 1. The summed E-state index contributed by atoms with van der Waals surface area (Å²) >= 11 is 0. The summed E-state index contributed by atoms with van der Waals surface area (Å²) in [6.07, 6.45) is 2.95. The number of hydrogen-bond donors (Lipinski definition) is 2. The second kappa shape index (κ2) is 6.89. The van der Waals surface area contributed by atoms with Crippen molar-refractivity contribution in [3.8, 4) is 0 Å². The van der Waals surface area contributed by atoms with Crippen molar-refractivity contribution in [3.05, 3.63) is 35.6 Å². The van der Waals surface area contributed by atoms with Gasteiger partial charge in [-0.2, -0.15) is 0 Å². The molecule has 1 saturated heterocycles. The van der Waals surface area contributed by atoms with Gasteiger partial charge in [-0.3, -0.25) is 4.79 Å². The molecule has 2 aliphatic rings. The van der Waals surface area contributed by atoms with Crippen LogP contribution in [-0.2, 0) is 9.59 Å². The minimum absolute atomic E-state index is 0.0490. The number of rotatable bonds is 4. The number of amides is 1. The van der Waals surface area contributed by atoms with Crippen LogP contribution in [-0.4, -0.2) is 39.1 Å². The second-order valence-corrected chi connectivity index (χ2v) is 6.78. The highest BCUT2D eigenvalue weighted by atomic mass is 19.1. The van der Waals surface area contributed by atoms with Crippen LogP contribution in [0.25, 0.3) is 0 Å². The van der Waals surface area contributed by atoms with Crippen LogP contribution in [0.2, 0.25) is 0 Å². The number of benzene rings is 1. The average Bonchev–Trinajstić information content (AvgIpc) is 2.94. The molecule has 2 N–H and O–H groups in total. The lowest BCUT2D eigenvalue weighted by molar-refractivity contribution is -0.150. The Balaban J connectivity index is 1.75.